The first-order valence-electron chi connectivity index (χ1n) is 6.02. The van der Waals surface area contributed by atoms with Crippen LogP contribution in [0.1, 0.15) is 10.5 Å². The zero-order valence-corrected chi connectivity index (χ0v) is 12.3. The van der Waals surface area contributed by atoms with Gasteiger partial charge in [-0.2, -0.15) is 0 Å². The third-order valence-electron chi connectivity index (χ3n) is 3.25. The summed E-state index contributed by atoms with van der Waals surface area (Å²) in [6.45, 7) is 1.45. The summed E-state index contributed by atoms with van der Waals surface area (Å²) in [6.07, 6.45) is 1.83. The number of aliphatic hydroxyl groups is 1. The maximum atomic E-state index is 12.3. The summed E-state index contributed by atoms with van der Waals surface area (Å²) in [5, 5.41) is 8.80. The van der Waals surface area contributed by atoms with Gasteiger partial charge in [-0.1, -0.05) is 0 Å². The number of carbonyl (C=O) groups excluding carboxylic acids is 2. The van der Waals surface area contributed by atoms with E-state index in [9.17, 15) is 9.59 Å². The number of hydrogen-bond donors (Lipinski definition) is 1. The van der Waals surface area contributed by atoms with Gasteiger partial charge in [0.2, 0.25) is 5.91 Å². The molecule has 1 aromatic rings. The first-order valence-corrected chi connectivity index (χ1v) is 6.82. The van der Waals surface area contributed by atoms with E-state index in [2.05, 4.69) is 15.9 Å². The molecule has 0 spiro atoms. The molecule has 0 unspecified atom stereocenters. The van der Waals surface area contributed by atoms with Crippen molar-refractivity contribution in [2.45, 2.75) is 0 Å². The molecule has 0 bridgehead atoms. The molecule has 1 fully saturated rings. The molecule has 1 aliphatic rings. The van der Waals surface area contributed by atoms with Crippen LogP contribution in [-0.2, 0) is 11.8 Å². The second-order valence-corrected chi connectivity index (χ2v) is 5.40. The van der Waals surface area contributed by atoms with E-state index in [1.54, 1.807) is 20.4 Å². The zero-order chi connectivity index (χ0) is 14.0. The average Bonchev–Trinajstić information content (AvgIpc) is 2.76. The average molecular weight is 330 g/mol. The molecule has 19 heavy (non-hydrogen) atoms. The summed E-state index contributed by atoms with van der Waals surface area (Å²) in [7, 11) is 1.82. The Balaban J connectivity index is 2.00. The van der Waals surface area contributed by atoms with Gasteiger partial charge < -0.3 is 19.5 Å². The van der Waals surface area contributed by atoms with Crippen molar-refractivity contribution < 1.29 is 14.7 Å². The largest absolute Gasteiger partial charge is 0.387 e. The van der Waals surface area contributed by atoms with E-state index in [1.165, 1.54) is 0 Å². The quantitative estimate of drug-likeness (QED) is 0.834. The standard InChI is InChI=1S/C12H16BrN3O3/c1-14-7-9(13)6-10(14)12(19)16-4-2-15(3-5-16)11(18)8-17/h6-7,17H,2-5,8H2,1H3. The lowest BCUT2D eigenvalue weighted by Gasteiger charge is -2.34. The zero-order valence-electron chi connectivity index (χ0n) is 10.7. The summed E-state index contributed by atoms with van der Waals surface area (Å²) < 4.78 is 2.64. The van der Waals surface area contributed by atoms with Crippen LogP contribution in [0.3, 0.4) is 0 Å². The van der Waals surface area contributed by atoms with Gasteiger partial charge >= 0.3 is 0 Å². The summed E-state index contributed by atoms with van der Waals surface area (Å²) in [6, 6.07) is 1.79. The molecule has 0 atom stereocenters. The molecule has 0 saturated carbocycles. The second kappa shape index (κ2) is 5.75. The first-order chi connectivity index (χ1) is 9.02. The lowest BCUT2D eigenvalue weighted by Crippen LogP contribution is -2.51. The van der Waals surface area contributed by atoms with Gasteiger partial charge in [0.15, 0.2) is 0 Å². The van der Waals surface area contributed by atoms with Crippen molar-refractivity contribution in [3.8, 4) is 0 Å². The Morgan fingerprint density at radius 2 is 1.84 bits per heavy atom. The summed E-state index contributed by atoms with van der Waals surface area (Å²) >= 11 is 3.34. The number of halogens is 1. The van der Waals surface area contributed by atoms with Crippen LogP contribution >= 0.6 is 15.9 Å². The van der Waals surface area contributed by atoms with Gasteiger partial charge in [0.05, 0.1) is 0 Å². The van der Waals surface area contributed by atoms with Crippen molar-refractivity contribution >= 4 is 27.7 Å². The number of amides is 2. The molecule has 1 N–H and O–H groups in total. The van der Waals surface area contributed by atoms with E-state index in [1.807, 2.05) is 13.2 Å². The van der Waals surface area contributed by atoms with Crippen LogP contribution in [-0.4, -0.2) is 64.1 Å². The van der Waals surface area contributed by atoms with Gasteiger partial charge in [-0.3, -0.25) is 9.59 Å². The third-order valence-corrected chi connectivity index (χ3v) is 3.68. The van der Waals surface area contributed by atoms with Crippen LogP contribution in [0.4, 0.5) is 0 Å². The number of aromatic nitrogens is 1. The number of aryl methyl sites for hydroxylation is 1. The van der Waals surface area contributed by atoms with Crippen molar-refractivity contribution in [1.29, 1.82) is 0 Å². The molecule has 104 valence electrons. The minimum absolute atomic E-state index is 0.0377. The topological polar surface area (TPSA) is 65.8 Å². The maximum Gasteiger partial charge on any atom is 0.270 e. The summed E-state index contributed by atoms with van der Waals surface area (Å²) in [5.74, 6) is -0.321. The third kappa shape index (κ3) is 2.98. The molecule has 0 radical (unpaired) electrons. The van der Waals surface area contributed by atoms with Crippen LogP contribution in [0.25, 0.3) is 0 Å². The van der Waals surface area contributed by atoms with Crippen molar-refractivity contribution in [3.05, 3.63) is 22.4 Å². The van der Waals surface area contributed by atoms with E-state index in [0.717, 1.165) is 4.47 Å². The number of hydrogen-bond acceptors (Lipinski definition) is 3. The molecule has 7 heteroatoms. The van der Waals surface area contributed by atoms with E-state index in [-0.39, 0.29) is 11.8 Å². The van der Waals surface area contributed by atoms with E-state index in [4.69, 9.17) is 5.11 Å². The molecule has 2 rings (SSSR count). The van der Waals surface area contributed by atoms with Gasteiger partial charge in [0, 0.05) is 43.9 Å². The number of piperazine rings is 1. The van der Waals surface area contributed by atoms with Crippen molar-refractivity contribution in [3.63, 3.8) is 0 Å². The van der Waals surface area contributed by atoms with Gasteiger partial charge in [-0.25, -0.2) is 0 Å². The molecule has 2 heterocycles. The van der Waals surface area contributed by atoms with E-state index < -0.39 is 6.61 Å². The van der Waals surface area contributed by atoms with E-state index >= 15 is 0 Å². The Hall–Kier alpha value is -1.34. The molecule has 0 aromatic carbocycles. The minimum Gasteiger partial charge on any atom is -0.387 e. The number of carbonyl (C=O) groups is 2. The van der Waals surface area contributed by atoms with E-state index in [0.29, 0.717) is 31.9 Å². The predicted octanol–water partition coefficient (Wildman–Crippen LogP) is 0.0643. The van der Waals surface area contributed by atoms with Gasteiger partial charge in [-0.05, 0) is 22.0 Å². The maximum absolute atomic E-state index is 12.3. The Bertz CT molecular complexity index is 492. The van der Waals surface area contributed by atoms with Crippen LogP contribution in [0.5, 0.6) is 0 Å². The first kappa shape index (κ1) is 14.1. The highest BCUT2D eigenvalue weighted by atomic mass is 79.9. The van der Waals surface area contributed by atoms with Gasteiger partial charge in [-0.15, -0.1) is 0 Å². The normalized spacial score (nSPS) is 15.7. The lowest BCUT2D eigenvalue weighted by atomic mass is 10.2. The summed E-state index contributed by atoms with van der Waals surface area (Å²) in [5.41, 5.74) is 0.619. The number of nitrogens with zero attached hydrogens (tertiary/aromatic N) is 3. The fraction of sp³-hybridized carbons (Fsp3) is 0.500. The highest BCUT2D eigenvalue weighted by Crippen LogP contribution is 2.16. The number of rotatable bonds is 2. The lowest BCUT2D eigenvalue weighted by molar-refractivity contribution is -0.135. The highest BCUT2D eigenvalue weighted by molar-refractivity contribution is 9.10. The fourth-order valence-corrected chi connectivity index (χ4v) is 2.68. The van der Waals surface area contributed by atoms with Gasteiger partial charge in [0.1, 0.15) is 12.3 Å². The highest BCUT2D eigenvalue weighted by Gasteiger charge is 2.25. The SMILES string of the molecule is Cn1cc(Br)cc1C(=O)N1CCN(C(=O)CO)CC1. The second-order valence-electron chi connectivity index (χ2n) is 4.49. The Morgan fingerprint density at radius 1 is 1.26 bits per heavy atom. The van der Waals surface area contributed by atoms with Crippen molar-refractivity contribution in [2.75, 3.05) is 32.8 Å². The predicted molar refractivity (Wildman–Crippen MR) is 72.7 cm³/mol. The molecule has 2 amide bonds. The van der Waals surface area contributed by atoms with Crippen LogP contribution in [0.15, 0.2) is 16.7 Å². The smallest absolute Gasteiger partial charge is 0.270 e. The molecular formula is C12H16BrN3O3. The monoisotopic (exact) mass is 329 g/mol. The molecule has 1 aliphatic heterocycles. The molecular weight excluding hydrogens is 314 g/mol. The molecule has 1 saturated heterocycles. The Kier molecular flexibility index (Phi) is 4.26. The molecule has 0 aliphatic carbocycles. The number of aliphatic hydroxyl groups excluding tert-OH is 1. The van der Waals surface area contributed by atoms with Crippen molar-refractivity contribution in [2.24, 2.45) is 7.05 Å². The summed E-state index contributed by atoms with van der Waals surface area (Å²) in [4.78, 5) is 26.9. The van der Waals surface area contributed by atoms with Crippen molar-refractivity contribution in [1.82, 2.24) is 14.4 Å². The van der Waals surface area contributed by atoms with Crippen LogP contribution in [0.2, 0.25) is 0 Å². The fourth-order valence-electron chi connectivity index (χ4n) is 2.16. The Labute approximate surface area is 119 Å². The van der Waals surface area contributed by atoms with Crippen LogP contribution in [0, 0.1) is 0 Å². The molecule has 1 aromatic heterocycles. The Morgan fingerprint density at radius 3 is 2.32 bits per heavy atom. The molecule has 6 nitrogen and oxygen atoms in total. The minimum atomic E-state index is -0.474. The van der Waals surface area contributed by atoms with Gasteiger partial charge in [0.25, 0.3) is 5.91 Å². The van der Waals surface area contributed by atoms with Crippen LogP contribution < -0.4 is 0 Å².